The van der Waals surface area contributed by atoms with E-state index < -0.39 is 0 Å². The lowest BCUT2D eigenvalue weighted by molar-refractivity contribution is 0.0686. The van der Waals surface area contributed by atoms with E-state index in [4.69, 9.17) is 21.3 Å². The van der Waals surface area contributed by atoms with Crippen molar-refractivity contribution in [2.75, 3.05) is 18.5 Å². The summed E-state index contributed by atoms with van der Waals surface area (Å²) in [5, 5.41) is 4.14. The van der Waals surface area contributed by atoms with Gasteiger partial charge in [-0.2, -0.15) is 0 Å². The van der Waals surface area contributed by atoms with Crippen LogP contribution in [0.4, 0.5) is 5.95 Å². The molecule has 1 N–H and O–H groups in total. The van der Waals surface area contributed by atoms with Crippen molar-refractivity contribution in [2.45, 2.75) is 57.5 Å². The standard InChI is InChI=1S/C25H30ClN5O2/c1-17-2-6-19(7-3-17)28-24-27-13-10-22(29-24)23-16-30(20-11-14-33-15-12-20)25(32)31(23)21-8-4-18(26)5-9-21/h4-5,8-10,13,16-17,19-20H,2-3,6-7,11-12,14-15H2,1H3,(H,27,28,29)/t17-,19-. The highest BCUT2D eigenvalue weighted by molar-refractivity contribution is 6.30. The Morgan fingerprint density at radius 2 is 1.76 bits per heavy atom. The van der Waals surface area contributed by atoms with Gasteiger partial charge in [0.05, 0.1) is 17.1 Å². The van der Waals surface area contributed by atoms with Gasteiger partial charge in [-0.25, -0.2) is 14.8 Å². The van der Waals surface area contributed by atoms with Gasteiger partial charge in [0, 0.05) is 42.7 Å². The molecule has 5 rings (SSSR count). The summed E-state index contributed by atoms with van der Waals surface area (Å²) in [6.45, 7) is 3.65. The topological polar surface area (TPSA) is 74.0 Å². The maximum Gasteiger partial charge on any atom is 0.333 e. The average Bonchev–Trinajstić information content (AvgIpc) is 3.19. The van der Waals surface area contributed by atoms with Crippen molar-refractivity contribution in [1.29, 1.82) is 0 Å². The van der Waals surface area contributed by atoms with Crippen LogP contribution in [-0.2, 0) is 4.74 Å². The zero-order valence-electron chi connectivity index (χ0n) is 18.9. The van der Waals surface area contributed by atoms with Crippen molar-refractivity contribution < 1.29 is 4.74 Å². The Morgan fingerprint density at radius 3 is 2.48 bits per heavy atom. The number of rotatable bonds is 5. The first-order chi connectivity index (χ1) is 16.1. The maximum atomic E-state index is 13.6. The number of halogens is 1. The molecular formula is C25H30ClN5O2. The van der Waals surface area contributed by atoms with Gasteiger partial charge in [-0.15, -0.1) is 0 Å². The number of benzene rings is 1. The summed E-state index contributed by atoms with van der Waals surface area (Å²) >= 11 is 6.11. The van der Waals surface area contributed by atoms with Crippen LogP contribution in [0.25, 0.3) is 17.1 Å². The van der Waals surface area contributed by atoms with Crippen molar-refractivity contribution in [1.82, 2.24) is 19.1 Å². The average molecular weight is 468 g/mol. The number of aromatic nitrogens is 4. The second-order valence-corrected chi connectivity index (χ2v) is 9.66. The van der Waals surface area contributed by atoms with E-state index in [9.17, 15) is 4.79 Å². The molecule has 0 atom stereocenters. The minimum absolute atomic E-state index is 0.0754. The van der Waals surface area contributed by atoms with Crippen LogP contribution in [0.1, 0.15) is 51.5 Å². The summed E-state index contributed by atoms with van der Waals surface area (Å²) in [5.74, 6) is 1.40. The van der Waals surface area contributed by atoms with Gasteiger partial charge in [-0.05, 0) is 74.8 Å². The molecule has 0 radical (unpaired) electrons. The molecule has 8 heteroatoms. The Kier molecular flexibility index (Phi) is 6.51. The largest absolute Gasteiger partial charge is 0.381 e. The van der Waals surface area contributed by atoms with Gasteiger partial charge in [-0.1, -0.05) is 18.5 Å². The highest BCUT2D eigenvalue weighted by atomic mass is 35.5. The Balaban J connectivity index is 1.52. The number of ether oxygens (including phenoxy) is 1. The van der Waals surface area contributed by atoms with Gasteiger partial charge in [0.25, 0.3) is 0 Å². The molecule has 0 spiro atoms. The first kappa shape index (κ1) is 22.2. The first-order valence-electron chi connectivity index (χ1n) is 11.9. The monoisotopic (exact) mass is 467 g/mol. The van der Waals surface area contributed by atoms with Gasteiger partial charge in [0.2, 0.25) is 5.95 Å². The predicted molar refractivity (Wildman–Crippen MR) is 130 cm³/mol. The zero-order valence-corrected chi connectivity index (χ0v) is 19.7. The highest BCUT2D eigenvalue weighted by Gasteiger charge is 2.24. The molecule has 1 aliphatic heterocycles. The fourth-order valence-corrected chi connectivity index (χ4v) is 4.99. The van der Waals surface area contributed by atoms with Crippen molar-refractivity contribution in [2.24, 2.45) is 5.92 Å². The van der Waals surface area contributed by atoms with Gasteiger partial charge >= 0.3 is 5.69 Å². The lowest BCUT2D eigenvalue weighted by Gasteiger charge is -2.26. The van der Waals surface area contributed by atoms with Crippen molar-refractivity contribution in [3.63, 3.8) is 0 Å². The van der Waals surface area contributed by atoms with E-state index in [1.807, 2.05) is 29.0 Å². The Labute approximate surface area is 198 Å². The zero-order chi connectivity index (χ0) is 22.8. The molecule has 33 heavy (non-hydrogen) atoms. The normalized spacial score (nSPS) is 21.8. The molecule has 1 aromatic carbocycles. The third-order valence-electron chi connectivity index (χ3n) is 6.85. The molecule has 1 saturated carbocycles. The molecular weight excluding hydrogens is 438 g/mol. The van der Waals surface area contributed by atoms with E-state index >= 15 is 0 Å². The van der Waals surface area contributed by atoms with Crippen molar-refractivity contribution in [3.05, 3.63) is 58.2 Å². The van der Waals surface area contributed by atoms with Crippen LogP contribution < -0.4 is 11.0 Å². The number of nitrogens with zero attached hydrogens (tertiary/aromatic N) is 4. The van der Waals surface area contributed by atoms with Gasteiger partial charge < -0.3 is 10.1 Å². The molecule has 0 unspecified atom stereocenters. The van der Waals surface area contributed by atoms with E-state index in [0.29, 0.717) is 30.2 Å². The van der Waals surface area contributed by atoms with Crippen LogP contribution in [0, 0.1) is 5.92 Å². The Morgan fingerprint density at radius 1 is 1.03 bits per heavy atom. The van der Waals surface area contributed by atoms with Crippen molar-refractivity contribution in [3.8, 4) is 17.1 Å². The summed E-state index contributed by atoms with van der Waals surface area (Å²) in [7, 11) is 0. The Hall–Kier alpha value is -2.64. The summed E-state index contributed by atoms with van der Waals surface area (Å²) in [5.41, 5.74) is 2.15. The summed E-state index contributed by atoms with van der Waals surface area (Å²) < 4.78 is 9.07. The highest BCUT2D eigenvalue weighted by Crippen LogP contribution is 2.28. The second kappa shape index (κ2) is 9.69. The molecule has 3 heterocycles. The molecule has 2 aliphatic rings. The quantitative estimate of drug-likeness (QED) is 0.565. The van der Waals surface area contributed by atoms with E-state index in [1.165, 1.54) is 12.8 Å². The fourth-order valence-electron chi connectivity index (χ4n) is 4.87. The predicted octanol–water partition coefficient (Wildman–Crippen LogP) is 5.09. The molecule has 2 aromatic heterocycles. The van der Waals surface area contributed by atoms with E-state index in [1.54, 1.807) is 22.9 Å². The van der Waals surface area contributed by atoms with E-state index in [2.05, 4.69) is 17.2 Å². The minimum atomic E-state index is -0.0754. The fraction of sp³-hybridized carbons (Fsp3) is 0.480. The second-order valence-electron chi connectivity index (χ2n) is 9.23. The lowest BCUT2D eigenvalue weighted by Crippen LogP contribution is -2.30. The molecule has 2 fully saturated rings. The Bertz CT molecular complexity index is 1140. The van der Waals surface area contributed by atoms with Gasteiger partial charge in [0.1, 0.15) is 0 Å². The minimum Gasteiger partial charge on any atom is -0.381 e. The molecule has 1 saturated heterocycles. The molecule has 3 aromatic rings. The number of imidazole rings is 1. The number of nitrogens with one attached hydrogen (secondary N) is 1. The number of anilines is 1. The van der Waals surface area contributed by atoms with E-state index in [0.717, 1.165) is 48.7 Å². The maximum absolute atomic E-state index is 13.6. The summed E-state index contributed by atoms with van der Waals surface area (Å²) in [6, 6.07) is 9.70. The van der Waals surface area contributed by atoms with Crippen LogP contribution in [0.15, 0.2) is 47.5 Å². The van der Waals surface area contributed by atoms with Crippen LogP contribution in [-0.4, -0.2) is 38.4 Å². The third-order valence-corrected chi connectivity index (χ3v) is 7.10. The van der Waals surface area contributed by atoms with Crippen LogP contribution >= 0.6 is 11.6 Å². The molecule has 0 amide bonds. The van der Waals surface area contributed by atoms with Crippen LogP contribution in [0.5, 0.6) is 0 Å². The summed E-state index contributed by atoms with van der Waals surface area (Å²) in [6.07, 6.45) is 10.0. The smallest absolute Gasteiger partial charge is 0.333 e. The lowest BCUT2D eigenvalue weighted by atomic mass is 9.87. The molecule has 7 nitrogen and oxygen atoms in total. The first-order valence-corrected chi connectivity index (χ1v) is 12.2. The van der Waals surface area contributed by atoms with Gasteiger partial charge in [0.15, 0.2) is 0 Å². The molecule has 0 bridgehead atoms. The number of hydrogen-bond acceptors (Lipinski definition) is 5. The van der Waals surface area contributed by atoms with Crippen LogP contribution in [0.2, 0.25) is 5.02 Å². The van der Waals surface area contributed by atoms with Gasteiger partial charge in [-0.3, -0.25) is 9.13 Å². The number of hydrogen-bond donors (Lipinski definition) is 1. The van der Waals surface area contributed by atoms with Crippen LogP contribution in [0.3, 0.4) is 0 Å². The molecule has 1 aliphatic carbocycles. The SMILES string of the molecule is C[C@H]1CC[C@H](Nc2nccc(-c3cn(C4CCOCC4)c(=O)n3-c3ccc(Cl)cc3)n2)CC1. The molecule has 174 valence electrons. The third kappa shape index (κ3) is 4.84. The summed E-state index contributed by atoms with van der Waals surface area (Å²) in [4.78, 5) is 22.8. The van der Waals surface area contributed by atoms with Crippen molar-refractivity contribution >= 4 is 17.5 Å². The van der Waals surface area contributed by atoms with E-state index in [-0.39, 0.29) is 11.7 Å².